The molecule has 30 heavy (non-hydrogen) atoms. The van der Waals surface area contributed by atoms with Gasteiger partial charge in [-0.3, -0.25) is 14.5 Å². The summed E-state index contributed by atoms with van der Waals surface area (Å²) in [4.78, 5) is 29.4. The summed E-state index contributed by atoms with van der Waals surface area (Å²) >= 11 is 3.18. The lowest BCUT2D eigenvalue weighted by molar-refractivity contribution is 0.0628. The number of hydrogen-bond donors (Lipinski definition) is 1. The van der Waals surface area contributed by atoms with E-state index in [1.807, 2.05) is 23.1 Å². The average Bonchev–Trinajstić information content (AvgIpc) is 3.21. The number of carbonyl (C=O) groups excluding carboxylic acids is 2. The molecule has 1 aliphatic rings. The molecule has 0 bridgehead atoms. The summed E-state index contributed by atoms with van der Waals surface area (Å²) < 4.78 is 5.76. The molecule has 0 saturated carbocycles. The maximum Gasteiger partial charge on any atom is 0.291 e. The Balaban J connectivity index is 1.35. The van der Waals surface area contributed by atoms with Gasteiger partial charge >= 0.3 is 0 Å². The van der Waals surface area contributed by atoms with E-state index in [1.165, 1.54) is 5.56 Å². The fourth-order valence-corrected chi connectivity index (χ4v) is 3.80. The zero-order valence-electron chi connectivity index (χ0n) is 16.4. The van der Waals surface area contributed by atoms with Crippen LogP contribution in [0.3, 0.4) is 0 Å². The normalized spacial score (nSPS) is 14.5. The number of hydrogen-bond acceptors (Lipinski definition) is 4. The first kappa shape index (κ1) is 20.4. The molecule has 1 aromatic heterocycles. The summed E-state index contributed by atoms with van der Waals surface area (Å²) in [6.07, 6.45) is 0. The van der Waals surface area contributed by atoms with Gasteiger partial charge < -0.3 is 14.6 Å². The van der Waals surface area contributed by atoms with Crippen LogP contribution in [0.25, 0.3) is 0 Å². The molecule has 1 N–H and O–H groups in total. The molecule has 2 amide bonds. The number of nitrogens with one attached hydrogen (secondary N) is 1. The van der Waals surface area contributed by atoms with Crippen molar-refractivity contribution in [2.75, 3.05) is 31.5 Å². The topological polar surface area (TPSA) is 65.8 Å². The number of halogens is 1. The molecule has 0 spiro atoms. The summed E-state index contributed by atoms with van der Waals surface area (Å²) in [5.41, 5.74) is 2.40. The van der Waals surface area contributed by atoms with Gasteiger partial charge in [0.25, 0.3) is 11.8 Å². The van der Waals surface area contributed by atoms with Gasteiger partial charge in [-0.2, -0.15) is 0 Å². The van der Waals surface area contributed by atoms with Crippen LogP contribution in [0.4, 0.5) is 5.69 Å². The van der Waals surface area contributed by atoms with Gasteiger partial charge in [-0.05, 0) is 51.8 Å². The Morgan fingerprint density at radius 3 is 2.40 bits per heavy atom. The van der Waals surface area contributed by atoms with Crippen molar-refractivity contribution in [1.82, 2.24) is 9.80 Å². The molecule has 7 heteroatoms. The Morgan fingerprint density at radius 1 is 0.933 bits per heavy atom. The minimum Gasteiger partial charge on any atom is -0.444 e. The van der Waals surface area contributed by atoms with Gasteiger partial charge in [0.05, 0.1) is 0 Å². The number of piperazine rings is 1. The maximum atomic E-state index is 12.9. The van der Waals surface area contributed by atoms with Crippen LogP contribution < -0.4 is 5.32 Å². The third-order valence-electron chi connectivity index (χ3n) is 5.07. The lowest BCUT2D eigenvalue weighted by atomic mass is 10.1. The molecule has 6 nitrogen and oxygen atoms in total. The molecule has 4 rings (SSSR count). The third kappa shape index (κ3) is 4.98. The highest BCUT2D eigenvalue weighted by molar-refractivity contribution is 9.10. The number of carbonyl (C=O) groups is 2. The van der Waals surface area contributed by atoms with Gasteiger partial charge in [0.1, 0.15) is 0 Å². The van der Waals surface area contributed by atoms with E-state index in [0.29, 0.717) is 29.0 Å². The standard InChI is InChI=1S/C23H22BrN3O3/c24-21-10-9-20(30-21)22(28)25-19-8-4-7-18(15-19)23(29)27-13-11-26(12-14-27)16-17-5-2-1-3-6-17/h1-10,15H,11-14,16H2,(H,25,28). The zero-order valence-corrected chi connectivity index (χ0v) is 18.0. The van der Waals surface area contributed by atoms with Gasteiger partial charge in [-0.1, -0.05) is 36.4 Å². The summed E-state index contributed by atoms with van der Waals surface area (Å²) in [7, 11) is 0. The predicted octanol–water partition coefficient (Wildman–Crippen LogP) is 4.25. The first-order chi connectivity index (χ1) is 14.6. The fraction of sp³-hybridized carbons (Fsp3) is 0.217. The highest BCUT2D eigenvalue weighted by atomic mass is 79.9. The molecule has 1 fully saturated rings. The highest BCUT2D eigenvalue weighted by Crippen LogP contribution is 2.18. The van der Waals surface area contributed by atoms with Crippen LogP contribution >= 0.6 is 15.9 Å². The van der Waals surface area contributed by atoms with Gasteiger partial charge in [0.2, 0.25) is 0 Å². The van der Waals surface area contributed by atoms with Gasteiger partial charge in [-0.25, -0.2) is 0 Å². The minimum absolute atomic E-state index is 0.0220. The minimum atomic E-state index is -0.361. The monoisotopic (exact) mass is 467 g/mol. The Kier molecular flexibility index (Phi) is 6.30. The Bertz CT molecular complexity index is 1030. The summed E-state index contributed by atoms with van der Waals surface area (Å²) in [5.74, 6) is -0.181. The second-order valence-electron chi connectivity index (χ2n) is 7.19. The quantitative estimate of drug-likeness (QED) is 0.608. The fourth-order valence-electron chi connectivity index (χ4n) is 3.49. The van der Waals surface area contributed by atoms with E-state index in [1.54, 1.807) is 36.4 Å². The number of benzene rings is 2. The van der Waals surface area contributed by atoms with Crippen molar-refractivity contribution in [3.8, 4) is 0 Å². The number of nitrogens with zero attached hydrogens (tertiary/aromatic N) is 2. The smallest absolute Gasteiger partial charge is 0.291 e. The second kappa shape index (κ2) is 9.28. The van der Waals surface area contributed by atoms with Crippen LogP contribution in [-0.4, -0.2) is 47.8 Å². The van der Waals surface area contributed by atoms with Crippen LogP contribution in [0.15, 0.2) is 75.8 Å². The Labute approximate surface area is 183 Å². The lowest BCUT2D eigenvalue weighted by Crippen LogP contribution is -2.48. The largest absolute Gasteiger partial charge is 0.444 e. The van der Waals surface area contributed by atoms with E-state index in [9.17, 15) is 9.59 Å². The van der Waals surface area contributed by atoms with Crippen LogP contribution in [0.2, 0.25) is 0 Å². The molecule has 0 aliphatic carbocycles. The molecule has 2 aromatic carbocycles. The van der Waals surface area contributed by atoms with E-state index in [4.69, 9.17) is 4.42 Å². The summed E-state index contributed by atoms with van der Waals surface area (Å²) in [6, 6.07) is 20.6. The first-order valence-corrected chi connectivity index (χ1v) is 10.6. The van der Waals surface area contributed by atoms with E-state index >= 15 is 0 Å². The third-order valence-corrected chi connectivity index (χ3v) is 5.50. The molecule has 1 saturated heterocycles. The van der Waals surface area contributed by atoms with Crippen molar-refractivity contribution in [1.29, 1.82) is 0 Å². The van der Waals surface area contributed by atoms with Gasteiger partial charge in [-0.15, -0.1) is 0 Å². The van der Waals surface area contributed by atoms with E-state index in [2.05, 4.69) is 38.3 Å². The van der Waals surface area contributed by atoms with E-state index in [0.717, 1.165) is 19.6 Å². The molecule has 3 aromatic rings. The molecule has 0 atom stereocenters. The lowest BCUT2D eigenvalue weighted by Gasteiger charge is -2.34. The van der Waals surface area contributed by atoms with Crippen molar-refractivity contribution in [2.45, 2.75) is 6.54 Å². The van der Waals surface area contributed by atoms with Crippen LogP contribution in [-0.2, 0) is 6.54 Å². The SMILES string of the molecule is O=C(Nc1cccc(C(=O)N2CCN(Cc3ccccc3)CC2)c1)c1ccc(Br)o1. The van der Waals surface area contributed by atoms with Crippen molar-refractivity contribution < 1.29 is 14.0 Å². The first-order valence-electron chi connectivity index (χ1n) is 9.81. The van der Waals surface area contributed by atoms with E-state index in [-0.39, 0.29) is 17.6 Å². The van der Waals surface area contributed by atoms with Gasteiger partial charge in [0.15, 0.2) is 10.4 Å². The van der Waals surface area contributed by atoms with Crippen LogP contribution in [0, 0.1) is 0 Å². The molecular formula is C23H22BrN3O3. The molecule has 154 valence electrons. The number of furan rings is 1. The maximum absolute atomic E-state index is 12.9. The number of rotatable bonds is 5. The Morgan fingerprint density at radius 2 is 1.70 bits per heavy atom. The van der Waals surface area contributed by atoms with Crippen molar-refractivity contribution in [2.24, 2.45) is 0 Å². The van der Waals surface area contributed by atoms with Gasteiger partial charge in [0, 0.05) is 44.0 Å². The average molecular weight is 468 g/mol. The zero-order chi connectivity index (χ0) is 20.9. The molecule has 1 aliphatic heterocycles. The summed E-state index contributed by atoms with van der Waals surface area (Å²) in [5, 5.41) is 2.77. The number of anilines is 1. The van der Waals surface area contributed by atoms with Crippen molar-refractivity contribution in [3.05, 3.63) is 88.3 Å². The molecule has 0 unspecified atom stereocenters. The highest BCUT2D eigenvalue weighted by Gasteiger charge is 2.22. The number of amides is 2. The summed E-state index contributed by atoms with van der Waals surface area (Å²) in [6.45, 7) is 3.94. The van der Waals surface area contributed by atoms with Crippen molar-refractivity contribution in [3.63, 3.8) is 0 Å². The predicted molar refractivity (Wildman–Crippen MR) is 118 cm³/mol. The van der Waals surface area contributed by atoms with E-state index < -0.39 is 0 Å². The molecule has 2 heterocycles. The Hall–Kier alpha value is -2.90. The van der Waals surface area contributed by atoms with Crippen LogP contribution in [0.1, 0.15) is 26.5 Å². The van der Waals surface area contributed by atoms with Crippen LogP contribution in [0.5, 0.6) is 0 Å². The second-order valence-corrected chi connectivity index (χ2v) is 7.97. The molecular weight excluding hydrogens is 446 g/mol. The molecule has 0 radical (unpaired) electrons. The van der Waals surface area contributed by atoms with Crippen molar-refractivity contribution >= 4 is 33.4 Å².